The number of nitriles is 1. The van der Waals surface area contributed by atoms with Gasteiger partial charge in [0.05, 0.1) is 0 Å². The van der Waals surface area contributed by atoms with E-state index in [1.54, 1.807) is 0 Å². The Morgan fingerprint density at radius 1 is 1.12 bits per heavy atom. The topological polar surface area (TPSA) is 59.9 Å². The first kappa shape index (κ1) is 16.5. The fourth-order valence-corrected chi connectivity index (χ4v) is 3.37. The second kappa shape index (κ2) is 7.46. The first-order valence-corrected chi connectivity index (χ1v) is 8.63. The highest BCUT2D eigenvalue weighted by Crippen LogP contribution is 2.23. The normalized spacial score (nSPS) is 15.7. The predicted molar refractivity (Wildman–Crippen MR) is 95.7 cm³/mol. The fraction of sp³-hybridized carbons (Fsp3) is 0.400. The van der Waals surface area contributed by atoms with Gasteiger partial charge in [0, 0.05) is 17.8 Å². The van der Waals surface area contributed by atoms with E-state index in [4.69, 9.17) is 0 Å². The standard InChI is InChI=1S/C20H23N3O/c1-15-12-18(19(13-21)20(24)22-15)17-8-6-16(7-9-17)14-23-10-4-2-3-5-11-23/h6-9,12H,2-5,10-11,14H2,1H3,(H,22,24). The van der Waals surface area contributed by atoms with Gasteiger partial charge in [-0.15, -0.1) is 0 Å². The van der Waals surface area contributed by atoms with Gasteiger partial charge in [-0.25, -0.2) is 0 Å². The first-order valence-electron chi connectivity index (χ1n) is 8.63. The summed E-state index contributed by atoms with van der Waals surface area (Å²) in [5.74, 6) is 0. The Labute approximate surface area is 142 Å². The average molecular weight is 321 g/mol. The van der Waals surface area contributed by atoms with Crippen LogP contribution in [0.3, 0.4) is 0 Å². The van der Waals surface area contributed by atoms with Gasteiger partial charge in [0.15, 0.2) is 0 Å². The highest BCUT2D eigenvalue weighted by atomic mass is 16.1. The van der Waals surface area contributed by atoms with Crippen LogP contribution in [0, 0.1) is 18.3 Å². The van der Waals surface area contributed by atoms with Crippen LogP contribution in [0.15, 0.2) is 35.1 Å². The third kappa shape index (κ3) is 3.74. The summed E-state index contributed by atoms with van der Waals surface area (Å²) in [7, 11) is 0. The van der Waals surface area contributed by atoms with Crippen molar-refractivity contribution in [3.63, 3.8) is 0 Å². The van der Waals surface area contributed by atoms with Crippen LogP contribution in [0.5, 0.6) is 0 Å². The first-order chi connectivity index (χ1) is 11.7. The number of aromatic nitrogens is 1. The molecule has 124 valence electrons. The van der Waals surface area contributed by atoms with Gasteiger partial charge in [0.1, 0.15) is 11.6 Å². The molecule has 24 heavy (non-hydrogen) atoms. The molecule has 0 bridgehead atoms. The molecule has 0 spiro atoms. The maximum absolute atomic E-state index is 11.9. The Hall–Kier alpha value is -2.38. The second-order valence-electron chi connectivity index (χ2n) is 6.57. The molecule has 0 atom stereocenters. The van der Waals surface area contributed by atoms with Crippen molar-refractivity contribution in [1.82, 2.24) is 9.88 Å². The number of rotatable bonds is 3. The lowest BCUT2D eigenvalue weighted by Crippen LogP contribution is -2.23. The molecule has 1 aliphatic rings. The molecule has 4 heteroatoms. The number of H-pyrrole nitrogens is 1. The minimum Gasteiger partial charge on any atom is -0.325 e. The zero-order valence-electron chi connectivity index (χ0n) is 14.1. The highest BCUT2D eigenvalue weighted by molar-refractivity contribution is 5.70. The predicted octanol–water partition coefficient (Wildman–Crippen LogP) is 3.60. The molecule has 0 radical (unpaired) electrons. The van der Waals surface area contributed by atoms with E-state index in [1.807, 2.05) is 31.2 Å². The summed E-state index contributed by atoms with van der Waals surface area (Å²) < 4.78 is 0. The van der Waals surface area contributed by atoms with Crippen molar-refractivity contribution in [3.05, 3.63) is 57.5 Å². The number of hydrogen-bond donors (Lipinski definition) is 1. The lowest BCUT2D eigenvalue weighted by molar-refractivity contribution is 0.277. The van der Waals surface area contributed by atoms with Gasteiger partial charge in [-0.1, -0.05) is 37.1 Å². The van der Waals surface area contributed by atoms with Gasteiger partial charge >= 0.3 is 0 Å². The van der Waals surface area contributed by atoms with Gasteiger partial charge < -0.3 is 4.98 Å². The van der Waals surface area contributed by atoms with E-state index in [9.17, 15) is 10.1 Å². The van der Waals surface area contributed by atoms with Crippen LogP contribution in [0.25, 0.3) is 11.1 Å². The lowest BCUT2D eigenvalue weighted by Gasteiger charge is -2.19. The molecule has 0 amide bonds. The van der Waals surface area contributed by atoms with E-state index >= 15 is 0 Å². The number of nitrogens with one attached hydrogen (secondary N) is 1. The van der Waals surface area contributed by atoms with Crippen LogP contribution in [-0.2, 0) is 6.54 Å². The quantitative estimate of drug-likeness (QED) is 0.939. The van der Waals surface area contributed by atoms with E-state index in [0.717, 1.165) is 17.8 Å². The summed E-state index contributed by atoms with van der Waals surface area (Å²) in [6.45, 7) is 5.15. The summed E-state index contributed by atoms with van der Waals surface area (Å²) in [5, 5.41) is 9.27. The van der Waals surface area contributed by atoms with Crippen LogP contribution in [0.2, 0.25) is 0 Å². The number of aryl methyl sites for hydroxylation is 1. The summed E-state index contributed by atoms with van der Waals surface area (Å²) >= 11 is 0. The number of nitrogens with zero attached hydrogens (tertiary/aromatic N) is 2. The van der Waals surface area contributed by atoms with E-state index in [-0.39, 0.29) is 11.1 Å². The van der Waals surface area contributed by atoms with Crippen molar-refractivity contribution in [2.75, 3.05) is 13.1 Å². The third-order valence-corrected chi connectivity index (χ3v) is 4.65. The van der Waals surface area contributed by atoms with Gasteiger partial charge in [-0.2, -0.15) is 5.26 Å². The molecule has 1 aromatic heterocycles. The molecule has 1 aliphatic heterocycles. The third-order valence-electron chi connectivity index (χ3n) is 4.65. The zero-order valence-corrected chi connectivity index (χ0v) is 14.1. The molecule has 2 heterocycles. The van der Waals surface area contributed by atoms with Crippen LogP contribution in [0.1, 0.15) is 42.5 Å². The minimum atomic E-state index is -0.318. The minimum absolute atomic E-state index is 0.181. The Bertz CT molecular complexity index is 791. The van der Waals surface area contributed by atoms with Crippen molar-refractivity contribution in [2.24, 2.45) is 0 Å². The Morgan fingerprint density at radius 3 is 2.42 bits per heavy atom. The van der Waals surface area contributed by atoms with Crippen molar-refractivity contribution in [3.8, 4) is 17.2 Å². The Kier molecular flexibility index (Phi) is 5.12. The molecule has 0 unspecified atom stereocenters. The van der Waals surface area contributed by atoms with Crippen molar-refractivity contribution >= 4 is 0 Å². The summed E-state index contributed by atoms with van der Waals surface area (Å²) in [4.78, 5) is 17.1. The summed E-state index contributed by atoms with van der Waals surface area (Å²) in [6.07, 6.45) is 5.26. The Morgan fingerprint density at radius 2 is 1.79 bits per heavy atom. The molecular formula is C20H23N3O. The maximum Gasteiger partial charge on any atom is 0.266 e. The van der Waals surface area contributed by atoms with Crippen LogP contribution in [0.4, 0.5) is 0 Å². The highest BCUT2D eigenvalue weighted by Gasteiger charge is 2.12. The number of pyridine rings is 1. The summed E-state index contributed by atoms with van der Waals surface area (Å²) in [5.41, 5.74) is 3.53. The maximum atomic E-state index is 11.9. The number of likely N-dealkylation sites (tertiary alicyclic amines) is 1. The van der Waals surface area contributed by atoms with Gasteiger partial charge in [0.25, 0.3) is 5.56 Å². The molecule has 1 N–H and O–H groups in total. The molecule has 1 fully saturated rings. The monoisotopic (exact) mass is 321 g/mol. The van der Waals surface area contributed by atoms with Crippen LogP contribution >= 0.6 is 0 Å². The van der Waals surface area contributed by atoms with Crippen molar-refractivity contribution in [1.29, 1.82) is 5.26 Å². The van der Waals surface area contributed by atoms with E-state index < -0.39 is 0 Å². The lowest BCUT2D eigenvalue weighted by atomic mass is 10.00. The molecule has 3 rings (SSSR count). The Balaban J connectivity index is 1.82. The zero-order chi connectivity index (χ0) is 16.9. The number of aromatic amines is 1. The van der Waals surface area contributed by atoms with Crippen molar-refractivity contribution in [2.45, 2.75) is 39.2 Å². The smallest absolute Gasteiger partial charge is 0.266 e. The average Bonchev–Trinajstić information content (AvgIpc) is 2.83. The summed E-state index contributed by atoms with van der Waals surface area (Å²) in [6, 6.07) is 12.1. The van der Waals surface area contributed by atoms with Gasteiger partial charge in [0.2, 0.25) is 0 Å². The van der Waals surface area contributed by atoms with Crippen LogP contribution in [-0.4, -0.2) is 23.0 Å². The molecule has 2 aromatic rings. The molecule has 1 aromatic carbocycles. The fourth-order valence-electron chi connectivity index (χ4n) is 3.37. The van der Waals surface area contributed by atoms with Gasteiger partial charge in [-0.05, 0) is 50.0 Å². The molecule has 0 saturated carbocycles. The molecule has 0 aliphatic carbocycles. The van der Waals surface area contributed by atoms with E-state index in [0.29, 0.717) is 5.56 Å². The van der Waals surface area contributed by atoms with E-state index in [2.05, 4.69) is 22.0 Å². The molecule has 1 saturated heterocycles. The SMILES string of the molecule is Cc1cc(-c2ccc(CN3CCCCCC3)cc2)c(C#N)c(=O)[nH]1. The largest absolute Gasteiger partial charge is 0.325 e. The molecular weight excluding hydrogens is 298 g/mol. The molecule has 4 nitrogen and oxygen atoms in total. The van der Waals surface area contributed by atoms with E-state index in [1.165, 1.54) is 44.3 Å². The second-order valence-corrected chi connectivity index (χ2v) is 6.57. The number of benzene rings is 1. The number of hydrogen-bond acceptors (Lipinski definition) is 3. The van der Waals surface area contributed by atoms with Gasteiger partial charge in [-0.3, -0.25) is 9.69 Å². The van der Waals surface area contributed by atoms with Crippen molar-refractivity contribution < 1.29 is 0 Å². The van der Waals surface area contributed by atoms with Crippen LogP contribution < -0.4 is 5.56 Å².